The van der Waals surface area contributed by atoms with Crippen LogP contribution in [0.15, 0.2) is 46.3 Å². The molecule has 5 heteroatoms. The third-order valence-electron chi connectivity index (χ3n) is 2.28. The number of thioether (sulfide) groups is 1. The van der Waals surface area contributed by atoms with Crippen molar-refractivity contribution in [3.63, 3.8) is 0 Å². The summed E-state index contributed by atoms with van der Waals surface area (Å²) in [5.74, 6) is 0.778. The molecular weight excluding hydrogens is 248 g/mol. The number of H-pyrrole nitrogens is 1. The Bertz CT molecular complexity index is 554. The number of hydrogen-bond acceptors (Lipinski definition) is 4. The first-order valence-corrected chi connectivity index (χ1v) is 6.52. The Balaban J connectivity index is 2.07. The molecule has 18 heavy (non-hydrogen) atoms. The van der Waals surface area contributed by atoms with Crippen LogP contribution in [0, 0.1) is 0 Å². The van der Waals surface area contributed by atoms with E-state index >= 15 is 0 Å². The van der Waals surface area contributed by atoms with Crippen molar-refractivity contribution in [2.75, 3.05) is 7.11 Å². The van der Waals surface area contributed by atoms with E-state index in [1.165, 1.54) is 23.4 Å². The van der Waals surface area contributed by atoms with Crippen LogP contribution in [0.3, 0.4) is 0 Å². The standard InChI is InChI=1S/C13H14N2O2S/c1-17-8-11-7-12(16)15-13(14-11)18-9-10-5-3-2-4-6-10/h2-7H,8-9H2,1H3,(H,14,15,16). The van der Waals surface area contributed by atoms with Crippen LogP contribution in [-0.4, -0.2) is 17.1 Å². The zero-order valence-electron chi connectivity index (χ0n) is 10.1. The number of hydrogen-bond donors (Lipinski definition) is 1. The SMILES string of the molecule is COCc1cc(=O)[nH]c(SCc2ccccc2)n1. The Morgan fingerprint density at radius 3 is 2.83 bits per heavy atom. The molecule has 1 heterocycles. The van der Waals surface area contributed by atoms with Gasteiger partial charge < -0.3 is 9.72 Å². The first-order valence-electron chi connectivity index (χ1n) is 5.54. The molecule has 0 saturated heterocycles. The maximum absolute atomic E-state index is 11.4. The summed E-state index contributed by atoms with van der Waals surface area (Å²) in [6.45, 7) is 0.350. The highest BCUT2D eigenvalue weighted by Gasteiger charge is 2.02. The molecule has 0 radical (unpaired) electrons. The number of ether oxygens (including phenoxy) is 1. The van der Waals surface area contributed by atoms with Crippen LogP contribution >= 0.6 is 11.8 Å². The summed E-state index contributed by atoms with van der Waals surface area (Å²) in [6.07, 6.45) is 0. The lowest BCUT2D eigenvalue weighted by atomic mass is 10.2. The fourth-order valence-electron chi connectivity index (χ4n) is 1.50. The highest BCUT2D eigenvalue weighted by Crippen LogP contribution is 2.18. The number of aromatic amines is 1. The van der Waals surface area contributed by atoms with Gasteiger partial charge in [0.1, 0.15) is 0 Å². The maximum atomic E-state index is 11.4. The lowest BCUT2D eigenvalue weighted by Crippen LogP contribution is -2.10. The van der Waals surface area contributed by atoms with Gasteiger partial charge in [0.15, 0.2) is 5.16 Å². The molecule has 0 unspecified atom stereocenters. The summed E-state index contributed by atoms with van der Waals surface area (Å²) in [4.78, 5) is 18.5. The van der Waals surface area contributed by atoms with E-state index in [0.29, 0.717) is 17.5 Å². The molecule has 2 rings (SSSR count). The van der Waals surface area contributed by atoms with Crippen molar-refractivity contribution >= 4 is 11.8 Å². The number of benzene rings is 1. The van der Waals surface area contributed by atoms with Crippen molar-refractivity contribution in [1.82, 2.24) is 9.97 Å². The molecule has 0 spiro atoms. The molecule has 1 aromatic carbocycles. The van der Waals surface area contributed by atoms with Crippen LogP contribution in [0.5, 0.6) is 0 Å². The van der Waals surface area contributed by atoms with E-state index < -0.39 is 0 Å². The molecule has 0 atom stereocenters. The monoisotopic (exact) mass is 262 g/mol. The van der Waals surface area contributed by atoms with Crippen LogP contribution in [0.4, 0.5) is 0 Å². The van der Waals surface area contributed by atoms with Crippen LogP contribution in [0.1, 0.15) is 11.3 Å². The average Bonchev–Trinajstić information content (AvgIpc) is 2.37. The van der Waals surface area contributed by atoms with Crippen molar-refractivity contribution in [3.05, 3.63) is 58.0 Å². The van der Waals surface area contributed by atoms with Gasteiger partial charge in [0.25, 0.3) is 5.56 Å². The minimum atomic E-state index is -0.146. The van der Waals surface area contributed by atoms with Gasteiger partial charge in [-0.15, -0.1) is 0 Å². The van der Waals surface area contributed by atoms with Crippen molar-refractivity contribution < 1.29 is 4.74 Å². The Hall–Kier alpha value is -1.59. The number of nitrogens with one attached hydrogen (secondary N) is 1. The molecule has 1 aromatic heterocycles. The second-order valence-corrected chi connectivity index (χ2v) is 4.71. The van der Waals surface area contributed by atoms with E-state index in [9.17, 15) is 4.79 Å². The largest absolute Gasteiger partial charge is 0.378 e. The van der Waals surface area contributed by atoms with E-state index in [1.807, 2.05) is 30.3 Å². The predicted octanol–water partition coefficient (Wildman–Crippen LogP) is 2.21. The van der Waals surface area contributed by atoms with Crippen LogP contribution in [0.2, 0.25) is 0 Å². The van der Waals surface area contributed by atoms with Crippen molar-refractivity contribution in [2.24, 2.45) is 0 Å². The summed E-state index contributed by atoms with van der Waals surface area (Å²) in [7, 11) is 1.58. The second-order valence-electron chi connectivity index (χ2n) is 3.75. The Morgan fingerprint density at radius 2 is 2.11 bits per heavy atom. The van der Waals surface area contributed by atoms with Crippen LogP contribution < -0.4 is 5.56 Å². The fourth-order valence-corrected chi connectivity index (χ4v) is 2.35. The second kappa shape index (κ2) is 6.37. The van der Waals surface area contributed by atoms with Crippen LogP contribution in [-0.2, 0) is 17.1 Å². The lowest BCUT2D eigenvalue weighted by molar-refractivity contribution is 0.180. The molecule has 1 N–H and O–H groups in total. The van der Waals surface area contributed by atoms with Gasteiger partial charge in [-0.05, 0) is 5.56 Å². The van der Waals surface area contributed by atoms with Gasteiger partial charge >= 0.3 is 0 Å². The zero-order valence-corrected chi connectivity index (χ0v) is 10.9. The Morgan fingerprint density at radius 1 is 1.33 bits per heavy atom. The van der Waals surface area contributed by atoms with E-state index in [0.717, 1.165) is 5.75 Å². The molecular formula is C13H14N2O2S. The normalized spacial score (nSPS) is 10.5. The number of rotatable bonds is 5. The number of aromatic nitrogens is 2. The molecule has 0 saturated carbocycles. The summed E-state index contributed by atoms with van der Waals surface area (Å²) in [5.41, 5.74) is 1.70. The average molecular weight is 262 g/mol. The van der Waals surface area contributed by atoms with E-state index in [4.69, 9.17) is 4.74 Å². The Kier molecular flexibility index (Phi) is 4.55. The first-order chi connectivity index (χ1) is 8.78. The van der Waals surface area contributed by atoms with Crippen molar-refractivity contribution in [2.45, 2.75) is 17.5 Å². The van der Waals surface area contributed by atoms with Gasteiger partial charge in [-0.3, -0.25) is 4.79 Å². The summed E-state index contributed by atoms with van der Waals surface area (Å²) < 4.78 is 4.98. The molecule has 0 fully saturated rings. The van der Waals surface area contributed by atoms with Gasteiger partial charge in [-0.2, -0.15) is 0 Å². The molecule has 0 aliphatic carbocycles. The smallest absolute Gasteiger partial charge is 0.251 e. The summed E-state index contributed by atoms with van der Waals surface area (Å²) in [6, 6.07) is 11.5. The number of methoxy groups -OCH3 is 1. The van der Waals surface area contributed by atoms with Crippen molar-refractivity contribution in [1.29, 1.82) is 0 Å². The van der Waals surface area contributed by atoms with Gasteiger partial charge in [0.05, 0.1) is 12.3 Å². The van der Waals surface area contributed by atoms with E-state index in [2.05, 4.69) is 9.97 Å². The van der Waals surface area contributed by atoms with Gasteiger partial charge in [0, 0.05) is 18.9 Å². The molecule has 4 nitrogen and oxygen atoms in total. The highest BCUT2D eigenvalue weighted by molar-refractivity contribution is 7.98. The summed E-state index contributed by atoms with van der Waals surface area (Å²) in [5, 5.41) is 0.624. The molecule has 0 amide bonds. The third kappa shape index (κ3) is 3.72. The molecule has 0 aliphatic heterocycles. The molecule has 2 aromatic rings. The number of nitrogens with zero attached hydrogens (tertiary/aromatic N) is 1. The zero-order chi connectivity index (χ0) is 12.8. The summed E-state index contributed by atoms with van der Waals surface area (Å²) >= 11 is 1.51. The van der Waals surface area contributed by atoms with Gasteiger partial charge in [-0.25, -0.2) is 4.98 Å². The lowest BCUT2D eigenvalue weighted by Gasteiger charge is -2.03. The molecule has 0 aliphatic rings. The highest BCUT2D eigenvalue weighted by atomic mass is 32.2. The molecule has 94 valence electrons. The first kappa shape index (κ1) is 12.9. The molecule has 0 bridgehead atoms. The fraction of sp³-hybridized carbons (Fsp3) is 0.231. The van der Waals surface area contributed by atoms with Gasteiger partial charge in [0.2, 0.25) is 0 Å². The Labute approximate surface area is 109 Å². The topological polar surface area (TPSA) is 55.0 Å². The maximum Gasteiger partial charge on any atom is 0.251 e. The predicted molar refractivity (Wildman–Crippen MR) is 71.6 cm³/mol. The van der Waals surface area contributed by atoms with Gasteiger partial charge in [-0.1, -0.05) is 42.1 Å². The van der Waals surface area contributed by atoms with E-state index in [-0.39, 0.29) is 5.56 Å². The quantitative estimate of drug-likeness (QED) is 0.663. The van der Waals surface area contributed by atoms with Crippen LogP contribution in [0.25, 0.3) is 0 Å². The minimum Gasteiger partial charge on any atom is -0.378 e. The minimum absolute atomic E-state index is 0.146. The van der Waals surface area contributed by atoms with E-state index in [1.54, 1.807) is 7.11 Å². The third-order valence-corrected chi connectivity index (χ3v) is 3.23. The van der Waals surface area contributed by atoms with Crippen molar-refractivity contribution in [3.8, 4) is 0 Å².